The van der Waals surface area contributed by atoms with Gasteiger partial charge in [-0.3, -0.25) is 4.79 Å². The quantitative estimate of drug-likeness (QED) is 0.473. The van der Waals surface area contributed by atoms with E-state index in [1.165, 1.54) is 0 Å². The van der Waals surface area contributed by atoms with E-state index in [1.54, 1.807) is 0 Å². The molecule has 0 aliphatic rings. The number of aromatic nitrogens is 2. The van der Waals surface area contributed by atoms with Crippen molar-refractivity contribution in [1.29, 1.82) is 0 Å². The average molecular weight is 230 g/mol. The van der Waals surface area contributed by atoms with Crippen LogP contribution in [0.15, 0.2) is 4.63 Å². The molecule has 0 radical (unpaired) electrons. The van der Waals surface area contributed by atoms with E-state index in [1.807, 2.05) is 0 Å². The topological polar surface area (TPSA) is 152 Å². The number of amides is 1. The van der Waals surface area contributed by atoms with Gasteiger partial charge in [-0.2, -0.15) is 0 Å². The average Bonchev–Trinajstić information content (AvgIpc) is 2.61. The van der Waals surface area contributed by atoms with Crippen molar-refractivity contribution in [2.45, 2.75) is 12.5 Å². The molecule has 0 bridgehead atoms. The van der Waals surface area contributed by atoms with Crippen molar-refractivity contribution >= 4 is 17.7 Å². The molecular weight excluding hydrogens is 220 g/mol. The number of nitrogens with one attached hydrogen (secondary N) is 1. The van der Waals surface area contributed by atoms with E-state index in [4.69, 9.17) is 10.8 Å². The van der Waals surface area contributed by atoms with Crippen LogP contribution in [0.5, 0.6) is 0 Å². The Morgan fingerprint density at radius 2 is 2.19 bits per heavy atom. The molecule has 1 aromatic heterocycles. The maximum absolute atomic E-state index is 11.3. The summed E-state index contributed by atoms with van der Waals surface area (Å²) in [6.07, 6.45) is 0. The predicted octanol–water partition coefficient (Wildman–Crippen LogP) is -1.78. The van der Waals surface area contributed by atoms with Crippen LogP contribution in [0.3, 0.4) is 0 Å². The zero-order valence-corrected chi connectivity index (χ0v) is 8.30. The zero-order chi connectivity index (χ0) is 12.3. The second-order valence-electron chi connectivity index (χ2n) is 3.26. The molecular formula is C7H10N4O5. The first-order valence-electron chi connectivity index (χ1n) is 4.16. The Morgan fingerprint density at radius 1 is 1.56 bits per heavy atom. The molecule has 9 nitrogen and oxygen atoms in total. The molecule has 9 heteroatoms. The highest BCUT2D eigenvalue weighted by molar-refractivity contribution is 5.96. The highest BCUT2D eigenvalue weighted by Gasteiger charge is 2.31. The van der Waals surface area contributed by atoms with Gasteiger partial charge in [0.1, 0.15) is 0 Å². The zero-order valence-electron chi connectivity index (χ0n) is 8.30. The Kier molecular flexibility index (Phi) is 3.09. The fourth-order valence-corrected chi connectivity index (χ4v) is 0.765. The van der Waals surface area contributed by atoms with Crippen LogP contribution >= 0.6 is 0 Å². The van der Waals surface area contributed by atoms with Crippen LogP contribution in [0.25, 0.3) is 0 Å². The number of carboxylic acids is 1. The van der Waals surface area contributed by atoms with Crippen LogP contribution in [0, 0.1) is 0 Å². The summed E-state index contributed by atoms with van der Waals surface area (Å²) in [5.41, 5.74) is 2.90. The molecule has 0 fully saturated rings. The van der Waals surface area contributed by atoms with E-state index in [-0.39, 0.29) is 11.5 Å². The molecule has 1 amide bonds. The molecule has 0 aliphatic heterocycles. The molecule has 0 aromatic carbocycles. The second-order valence-corrected chi connectivity index (χ2v) is 3.26. The van der Waals surface area contributed by atoms with E-state index >= 15 is 0 Å². The molecule has 0 saturated heterocycles. The Balaban J connectivity index is 2.61. The van der Waals surface area contributed by atoms with Gasteiger partial charge in [-0.15, -0.1) is 0 Å². The summed E-state index contributed by atoms with van der Waals surface area (Å²) in [4.78, 5) is 21.9. The third-order valence-corrected chi connectivity index (χ3v) is 1.78. The number of nitrogens with two attached hydrogens (primary N) is 1. The van der Waals surface area contributed by atoms with Crippen molar-refractivity contribution in [3.8, 4) is 0 Å². The van der Waals surface area contributed by atoms with Gasteiger partial charge in [-0.05, 0) is 17.2 Å². The highest BCUT2D eigenvalue weighted by atomic mass is 16.6. The van der Waals surface area contributed by atoms with Gasteiger partial charge in [0.05, 0.1) is 6.54 Å². The van der Waals surface area contributed by atoms with E-state index in [9.17, 15) is 14.7 Å². The van der Waals surface area contributed by atoms with Gasteiger partial charge < -0.3 is 21.3 Å². The predicted molar refractivity (Wildman–Crippen MR) is 49.3 cm³/mol. The number of carboxylic acid groups (broad SMARTS) is 1. The van der Waals surface area contributed by atoms with Crippen LogP contribution in [-0.2, 0) is 4.79 Å². The lowest BCUT2D eigenvalue weighted by atomic mass is 10.1. The molecule has 0 saturated carbocycles. The smallest absolute Gasteiger partial charge is 0.337 e. The monoisotopic (exact) mass is 230 g/mol. The standard InChI is InChI=1S/C7H10N4O5/c1-7(15,6(13)14)2-9-5(12)3-4(8)11-16-10-3/h15H,2H2,1H3,(H2,8,11)(H,9,12)(H,13,14). The van der Waals surface area contributed by atoms with Gasteiger partial charge in [0, 0.05) is 0 Å². The van der Waals surface area contributed by atoms with Gasteiger partial charge in [-0.25, -0.2) is 9.42 Å². The lowest BCUT2D eigenvalue weighted by Crippen LogP contribution is -2.46. The molecule has 16 heavy (non-hydrogen) atoms. The molecule has 0 aliphatic carbocycles. The Hall–Kier alpha value is -2.16. The number of hydrogen-bond acceptors (Lipinski definition) is 7. The summed E-state index contributed by atoms with van der Waals surface area (Å²) in [6, 6.07) is 0. The number of nitrogen functional groups attached to an aromatic ring is 1. The molecule has 1 aromatic rings. The van der Waals surface area contributed by atoms with Crippen LogP contribution in [0.4, 0.5) is 5.82 Å². The van der Waals surface area contributed by atoms with Crippen LogP contribution in [0.2, 0.25) is 0 Å². The molecule has 5 N–H and O–H groups in total. The summed E-state index contributed by atoms with van der Waals surface area (Å²) in [5.74, 6) is -2.45. The summed E-state index contributed by atoms with van der Waals surface area (Å²) in [5, 5.41) is 26.4. The van der Waals surface area contributed by atoms with Crippen LogP contribution < -0.4 is 11.1 Å². The first-order chi connectivity index (χ1) is 7.34. The summed E-state index contributed by atoms with van der Waals surface area (Å²) in [6.45, 7) is 0.549. The minimum Gasteiger partial charge on any atom is -0.479 e. The molecule has 88 valence electrons. The van der Waals surface area contributed by atoms with E-state index < -0.39 is 24.0 Å². The Morgan fingerprint density at radius 3 is 2.62 bits per heavy atom. The lowest BCUT2D eigenvalue weighted by molar-refractivity contribution is -0.155. The summed E-state index contributed by atoms with van der Waals surface area (Å²) < 4.78 is 4.18. The number of aliphatic hydroxyl groups is 1. The second kappa shape index (κ2) is 4.14. The largest absolute Gasteiger partial charge is 0.479 e. The van der Waals surface area contributed by atoms with Crippen molar-refractivity contribution < 1.29 is 24.4 Å². The normalized spacial score (nSPS) is 14.1. The number of carbonyl (C=O) groups excluding carboxylic acids is 1. The molecule has 1 rings (SSSR count). The third-order valence-electron chi connectivity index (χ3n) is 1.78. The number of rotatable bonds is 4. The number of carbonyl (C=O) groups is 2. The Bertz CT molecular complexity index is 413. The maximum atomic E-state index is 11.3. The first kappa shape index (κ1) is 11.9. The van der Waals surface area contributed by atoms with Gasteiger partial charge in [-0.1, -0.05) is 0 Å². The number of hydrogen-bond donors (Lipinski definition) is 4. The SMILES string of the molecule is CC(O)(CNC(=O)c1nonc1N)C(=O)O. The van der Waals surface area contributed by atoms with Gasteiger partial charge in [0.15, 0.2) is 5.60 Å². The van der Waals surface area contributed by atoms with Gasteiger partial charge in [0.2, 0.25) is 11.5 Å². The first-order valence-corrected chi connectivity index (χ1v) is 4.16. The van der Waals surface area contributed by atoms with Crippen molar-refractivity contribution in [3.63, 3.8) is 0 Å². The minimum absolute atomic E-state index is 0.215. The van der Waals surface area contributed by atoms with Crippen molar-refractivity contribution in [1.82, 2.24) is 15.6 Å². The highest BCUT2D eigenvalue weighted by Crippen LogP contribution is 2.05. The van der Waals surface area contributed by atoms with Gasteiger partial charge in [0.25, 0.3) is 5.91 Å². The van der Waals surface area contributed by atoms with Gasteiger partial charge >= 0.3 is 5.97 Å². The van der Waals surface area contributed by atoms with E-state index in [0.717, 1.165) is 6.92 Å². The lowest BCUT2D eigenvalue weighted by Gasteiger charge is -2.17. The number of anilines is 1. The summed E-state index contributed by atoms with van der Waals surface area (Å²) >= 11 is 0. The number of nitrogens with zero attached hydrogens (tertiary/aromatic N) is 2. The fourth-order valence-electron chi connectivity index (χ4n) is 0.765. The maximum Gasteiger partial charge on any atom is 0.337 e. The number of aliphatic carboxylic acids is 1. The van der Waals surface area contributed by atoms with Crippen LogP contribution in [-0.4, -0.2) is 44.5 Å². The summed E-state index contributed by atoms with van der Waals surface area (Å²) in [7, 11) is 0. The van der Waals surface area contributed by atoms with Crippen molar-refractivity contribution in [2.75, 3.05) is 12.3 Å². The minimum atomic E-state index is -2.07. The van der Waals surface area contributed by atoms with Crippen molar-refractivity contribution in [2.24, 2.45) is 0 Å². The molecule has 1 atom stereocenters. The molecule has 1 heterocycles. The molecule has 0 spiro atoms. The molecule has 1 unspecified atom stereocenters. The van der Waals surface area contributed by atoms with Crippen molar-refractivity contribution in [3.05, 3.63) is 5.69 Å². The Labute approximate surface area is 89.2 Å². The third kappa shape index (κ3) is 2.45. The van der Waals surface area contributed by atoms with E-state index in [2.05, 4.69) is 20.3 Å². The van der Waals surface area contributed by atoms with E-state index in [0.29, 0.717) is 0 Å². The fraction of sp³-hybridized carbons (Fsp3) is 0.429. The van der Waals surface area contributed by atoms with Crippen LogP contribution in [0.1, 0.15) is 17.4 Å².